The highest BCUT2D eigenvalue weighted by atomic mass is 16.5. The van der Waals surface area contributed by atoms with Crippen molar-refractivity contribution in [3.05, 3.63) is 65.7 Å². The van der Waals surface area contributed by atoms with E-state index in [1.165, 1.54) is 0 Å². The number of ether oxygens (including phenoxy) is 1. The van der Waals surface area contributed by atoms with E-state index in [1.807, 2.05) is 44.2 Å². The Kier molecular flexibility index (Phi) is 7.60. The third-order valence-electron chi connectivity index (χ3n) is 5.18. The summed E-state index contributed by atoms with van der Waals surface area (Å²) in [6.07, 6.45) is 0.237. The van der Waals surface area contributed by atoms with E-state index in [2.05, 4.69) is 5.32 Å². The zero-order valence-corrected chi connectivity index (χ0v) is 17.6. The minimum Gasteiger partial charge on any atom is -0.386 e. The molecule has 3 rings (SSSR count). The van der Waals surface area contributed by atoms with Crippen LogP contribution in [0.2, 0.25) is 0 Å². The van der Waals surface area contributed by atoms with Gasteiger partial charge in [-0.2, -0.15) is 0 Å². The van der Waals surface area contributed by atoms with Crippen molar-refractivity contribution >= 4 is 17.5 Å². The van der Waals surface area contributed by atoms with Crippen LogP contribution in [0.25, 0.3) is 0 Å². The number of aliphatic hydroxyl groups is 1. The molecule has 1 aliphatic rings. The number of nitrogens with zero attached hydrogens (tertiary/aromatic N) is 1. The molecule has 0 aromatic heterocycles. The van der Waals surface area contributed by atoms with Crippen molar-refractivity contribution in [1.29, 1.82) is 0 Å². The molecule has 0 spiro atoms. The van der Waals surface area contributed by atoms with Gasteiger partial charge in [-0.15, -0.1) is 0 Å². The van der Waals surface area contributed by atoms with Crippen LogP contribution in [-0.4, -0.2) is 47.6 Å². The number of morpholine rings is 1. The summed E-state index contributed by atoms with van der Waals surface area (Å²) in [5.74, 6) is 0.151. The maximum atomic E-state index is 12.3. The van der Waals surface area contributed by atoms with Gasteiger partial charge in [0.15, 0.2) is 0 Å². The molecule has 1 fully saturated rings. The Labute approximate surface area is 177 Å². The molecule has 0 saturated carbocycles. The number of carbonyl (C=O) groups excluding carboxylic acids is 2. The van der Waals surface area contributed by atoms with E-state index in [0.717, 1.165) is 5.56 Å². The lowest BCUT2D eigenvalue weighted by Gasteiger charge is -2.39. The Balaban J connectivity index is 1.58. The van der Waals surface area contributed by atoms with E-state index >= 15 is 0 Å². The lowest BCUT2D eigenvalue weighted by atomic mass is 9.99. The Hall–Kier alpha value is -2.70. The van der Waals surface area contributed by atoms with Gasteiger partial charge in [-0.3, -0.25) is 9.59 Å². The normalized spacial score (nSPS) is 17.8. The molecule has 2 aromatic rings. The van der Waals surface area contributed by atoms with Gasteiger partial charge in [0.2, 0.25) is 11.8 Å². The fraction of sp³-hybridized carbons (Fsp3) is 0.417. The summed E-state index contributed by atoms with van der Waals surface area (Å²) in [7, 11) is 0. The topological polar surface area (TPSA) is 78.9 Å². The second-order valence-electron chi connectivity index (χ2n) is 8.12. The quantitative estimate of drug-likeness (QED) is 0.701. The van der Waals surface area contributed by atoms with Gasteiger partial charge in [0.25, 0.3) is 0 Å². The Morgan fingerprint density at radius 1 is 1.17 bits per heavy atom. The van der Waals surface area contributed by atoms with Crippen molar-refractivity contribution in [1.82, 2.24) is 4.90 Å². The minimum atomic E-state index is -0.851. The molecule has 0 aliphatic carbocycles. The van der Waals surface area contributed by atoms with Crippen LogP contribution in [0.4, 0.5) is 5.69 Å². The van der Waals surface area contributed by atoms with Crippen molar-refractivity contribution in [2.24, 2.45) is 5.92 Å². The SMILES string of the molecule is CC(C)CN1C(=O)COC[C@@H]1[C@H](O)c1ccc(NC(=O)CCc2ccccc2)cc1. The largest absolute Gasteiger partial charge is 0.386 e. The number of hydrogen-bond donors (Lipinski definition) is 2. The number of hydrogen-bond acceptors (Lipinski definition) is 4. The van der Waals surface area contributed by atoms with E-state index in [0.29, 0.717) is 43.2 Å². The van der Waals surface area contributed by atoms with Crippen LogP contribution < -0.4 is 5.32 Å². The Morgan fingerprint density at radius 3 is 2.53 bits per heavy atom. The van der Waals surface area contributed by atoms with Crippen LogP contribution in [0.1, 0.15) is 37.5 Å². The Bertz CT molecular complexity index is 836. The van der Waals surface area contributed by atoms with E-state index in [9.17, 15) is 14.7 Å². The standard InChI is InChI=1S/C24H30N2O4/c1-17(2)14-26-21(15-30-16-23(26)28)24(29)19-9-11-20(12-10-19)25-22(27)13-8-18-6-4-3-5-7-18/h3-7,9-12,17,21,24,29H,8,13-16H2,1-2H3,(H,25,27)/t21-,24-/m1/s1. The van der Waals surface area contributed by atoms with Crippen molar-refractivity contribution < 1.29 is 19.4 Å². The fourth-order valence-corrected chi connectivity index (χ4v) is 3.63. The average Bonchev–Trinajstić information content (AvgIpc) is 2.74. The van der Waals surface area contributed by atoms with Gasteiger partial charge in [0.1, 0.15) is 12.7 Å². The van der Waals surface area contributed by atoms with Gasteiger partial charge in [-0.25, -0.2) is 0 Å². The first-order chi connectivity index (χ1) is 14.4. The second kappa shape index (κ2) is 10.4. The molecule has 2 N–H and O–H groups in total. The van der Waals surface area contributed by atoms with Crippen LogP contribution >= 0.6 is 0 Å². The predicted octanol–water partition coefficient (Wildman–Crippen LogP) is 3.17. The van der Waals surface area contributed by atoms with Crippen LogP contribution in [0.5, 0.6) is 0 Å². The molecule has 1 aliphatic heterocycles. The summed E-state index contributed by atoms with van der Waals surface area (Å²) in [6, 6.07) is 16.6. The molecule has 1 saturated heterocycles. The molecule has 30 heavy (non-hydrogen) atoms. The number of nitrogens with one attached hydrogen (secondary N) is 1. The van der Waals surface area contributed by atoms with E-state index < -0.39 is 12.1 Å². The number of benzene rings is 2. The van der Waals surface area contributed by atoms with E-state index in [-0.39, 0.29) is 18.4 Å². The first-order valence-corrected chi connectivity index (χ1v) is 10.4. The lowest BCUT2D eigenvalue weighted by Crippen LogP contribution is -2.53. The highest BCUT2D eigenvalue weighted by Crippen LogP contribution is 2.26. The first-order valence-electron chi connectivity index (χ1n) is 10.4. The molecule has 2 atom stereocenters. The number of anilines is 1. The summed E-state index contributed by atoms with van der Waals surface area (Å²) < 4.78 is 5.38. The minimum absolute atomic E-state index is 0.0541. The van der Waals surface area contributed by atoms with Crippen molar-refractivity contribution in [3.63, 3.8) is 0 Å². The highest BCUT2D eigenvalue weighted by molar-refractivity contribution is 5.90. The predicted molar refractivity (Wildman–Crippen MR) is 116 cm³/mol. The van der Waals surface area contributed by atoms with E-state index in [4.69, 9.17) is 4.74 Å². The fourth-order valence-electron chi connectivity index (χ4n) is 3.63. The number of aliphatic hydroxyl groups excluding tert-OH is 1. The molecule has 2 aromatic carbocycles. The molecule has 0 unspecified atom stereocenters. The molecule has 6 nitrogen and oxygen atoms in total. The van der Waals surface area contributed by atoms with Crippen molar-refractivity contribution in [2.45, 2.75) is 38.8 Å². The van der Waals surface area contributed by atoms with Crippen LogP contribution in [0.15, 0.2) is 54.6 Å². The molecule has 0 bridgehead atoms. The van der Waals surface area contributed by atoms with Gasteiger partial charge in [0.05, 0.1) is 12.6 Å². The van der Waals surface area contributed by atoms with Gasteiger partial charge in [-0.05, 0) is 35.6 Å². The summed E-state index contributed by atoms with van der Waals surface area (Å²) in [6.45, 7) is 5.03. The average molecular weight is 411 g/mol. The van der Waals surface area contributed by atoms with Crippen LogP contribution in [-0.2, 0) is 20.7 Å². The Morgan fingerprint density at radius 2 is 1.87 bits per heavy atom. The number of amides is 2. The second-order valence-corrected chi connectivity index (χ2v) is 8.12. The molecule has 160 valence electrons. The van der Waals surface area contributed by atoms with Gasteiger partial charge in [-0.1, -0.05) is 56.3 Å². The zero-order valence-electron chi connectivity index (χ0n) is 17.6. The molecular formula is C24H30N2O4. The molecule has 2 amide bonds. The summed E-state index contributed by atoms with van der Waals surface area (Å²) in [5.41, 5.74) is 2.50. The van der Waals surface area contributed by atoms with Gasteiger partial charge < -0.3 is 20.1 Å². The molecule has 1 heterocycles. The van der Waals surface area contributed by atoms with Gasteiger partial charge in [0, 0.05) is 18.7 Å². The highest BCUT2D eigenvalue weighted by Gasteiger charge is 2.34. The maximum Gasteiger partial charge on any atom is 0.249 e. The monoisotopic (exact) mass is 410 g/mol. The summed E-state index contributed by atoms with van der Waals surface area (Å²) >= 11 is 0. The molecule has 0 radical (unpaired) electrons. The molecular weight excluding hydrogens is 380 g/mol. The molecule has 6 heteroatoms. The van der Waals surface area contributed by atoms with Gasteiger partial charge >= 0.3 is 0 Å². The smallest absolute Gasteiger partial charge is 0.249 e. The number of aryl methyl sites for hydroxylation is 1. The number of rotatable bonds is 8. The van der Waals surface area contributed by atoms with Crippen molar-refractivity contribution in [2.75, 3.05) is 25.1 Å². The maximum absolute atomic E-state index is 12.3. The first kappa shape index (κ1) is 22.0. The summed E-state index contributed by atoms with van der Waals surface area (Å²) in [4.78, 5) is 26.2. The van der Waals surface area contributed by atoms with Crippen molar-refractivity contribution in [3.8, 4) is 0 Å². The third-order valence-corrected chi connectivity index (χ3v) is 5.18. The number of carbonyl (C=O) groups is 2. The third kappa shape index (κ3) is 5.90. The summed E-state index contributed by atoms with van der Waals surface area (Å²) in [5, 5.41) is 13.8. The van der Waals surface area contributed by atoms with Crippen LogP contribution in [0.3, 0.4) is 0 Å². The zero-order chi connectivity index (χ0) is 21.5. The van der Waals surface area contributed by atoms with Crippen LogP contribution in [0, 0.1) is 5.92 Å². The van der Waals surface area contributed by atoms with E-state index in [1.54, 1.807) is 29.2 Å². The lowest BCUT2D eigenvalue weighted by molar-refractivity contribution is -0.155.